The summed E-state index contributed by atoms with van der Waals surface area (Å²) in [7, 11) is 0. The lowest BCUT2D eigenvalue weighted by molar-refractivity contribution is 0.227. The molecule has 1 aromatic carbocycles. The highest BCUT2D eigenvalue weighted by Gasteiger charge is 2.32. The molecule has 1 fully saturated rings. The van der Waals surface area contributed by atoms with Gasteiger partial charge in [0.1, 0.15) is 0 Å². The average molecular weight is 460 g/mol. The summed E-state index contributed by atoms with van der Waals surface area (Å²) in [4.78, 5) is 8.70. The molecule has 0 radical (unpaired) electrons. The van der Waals surface area contributed by atoms with E-state index in [-0.39, 0.29) is 6.04 Å². The van der Waals surface area contributed by atoms with Gasteiger partial charge in [-0.05, 0) is 42.4 Å². The Balaban J connectivity index is 1.30. The van der Waals surface area contributed by atoms with E-state index >= 15 is 0 Å². The molecule has 0 bridgehead atoms. The number of nitrogens with zero attached hydrogens (tertiary/aromatic N) is 6. The maximum atomic E-state index is 5.77. The van der Waals surface area contributed by atoms with E-state index in [0.717, 1.165) is 42.1 Å². The van der Waals surface area contributed by atoms with Gasteiger partial charge in [-0.25, -0.2) is 4.98 Å². The fourth-order valence-corrected chi connectivity index (χ4v) is 4.47. The Morgan fingerprint density at radius 1 is 1.06 bits per heavy atom. The van der Waals surface area contributed by atoms with Crippen molar-refractivity contribution in [2.75, 3.05) is 29.9 Å². The summed E-state index contributed by atoms with van der Waals surface area (Å²) in [6, 6.07) is 18.2. The quantitative estimate of drug-likeness (QED) is 0.451. The van der Waals surface area contributed by atoms with Crippen molar-refractivity contribution in [3.63, 3.8) is 0 Å². The molecule has 0 saturated carbocycles. The van der Waals surface area contributed by atoms with Gasteiger partial charge < -0.3 is 19.6 Å². The topological polar surface area (TPSA) is 83.2 Å². The molecule has 33 heavy (non-hydrogen) atoms. The summed E-state index contributed by atoms with van der Waals surface area (Å²) in [5.74, 6) is 1.86. The lowest BCUT2D eigenvalue weighted by Crippen LogP contribution is -2.58. The van der Waals surface area contributed by atoms with Gasteiger partial charge in [0.15, 0.2) is 16.7 Å². The van der Waals surface area contributed by atoms with E-state index in [1.807, 2.05) is 54.6 Å². The van der Waals surface area contributed by atoms with Crippen LogP contribution in [0.5, 0.6) is 0 Å². The van der Waals surface area contributed by atoms with E-state index in [1.54, 1.807) is 6.20 Å². The van der Waals surface area contributed by atoms with Crippen molar-refractivity contribution in [2.45, 2.75) is 19.9 Å². The van der Waals surface area contributed by atoms with Gasteiger partial charge in [-0.2, -0.15) is 0 Å². The second kappa shape index (κ2) is 9.11. The number of hydrogen-bond donors (Lipinski definition) is 1. The van der Waals surface area contributed by atoms with E-state index in [1.165, 1.54) is 0 Å². The first-order valence-corrected chi connectivity index (χ1v) is 11.4. The standard InChI is InChI=1S/C24H25N7OS/c1-16(2)20-15-30(21-11-10-19(27-28-21)17-7-4-3-5-8-17)13-14-31(20)24(33)26-22-18-9-6-12-25-23(18)32-29-22/h3-12,16,20H,13-15H2,1-2H3,(H,26,29,33). The Kier molecular flexibility index (Phi) is 5.87. The first-order chi connectivity index (χ1) is 16.1. The molecule has 0 amide bonds. The number of hydrogen-bond acceptors (Lipinski definition) is 7. The molecule has 168 valence electrons. The van der Waals surface area contributed by atoms with Gasteiger partial charge in [0, 0.05) is 31.4 Å². The van der Waals surface area contributed by atoms with Crippen LogP contribution in [0, 0.1) is 5.92 Å². The van der Waals surface area contributed by atoms with Gasteiger partial charge in [0.25, 0.3) is 5.71 Å². The number of pyridine rings is 1. The van der Waals surface area contributed by atoms with Gasteiger partial charge in [-0.15, -0.1) is 10.2 Å². The molecule has 4 aromatic rings. The summed E-state index contributed by atoms with van der Waals surface area (Å²) >= 11 is 5.77. The molecule has 9 heteroatoms. The first kappa shape index (κ1) is 21.3. The average Bonchev–Trinajstić information content (AvgIpc) is 3.27. The molecular formula is C24H25N7OS. The highest BCUT2D eigenvalue weighted by atomic mass is 32.1. The maximum Gasteiger partial charge on any atom is 0.259 e. The highest BCUT2D eigenvalue weighted by Crippen LogP contribution is 2.25. The SMILES string of the molecule is CC(C)C1CN(c2ccc(-c3ccccc3)nn2)CCN1C(=S)Nc1noc2ncccc12. The molecule has 3 aromatic heterocycles. The number of benzene rings is 1. The molecule has 1 aliphatic heterocycles. The Bertz CT molecular complexity index is 1240. The van der Waals surface area contributed by atoms with Crippen LogP contribution in [-0.2, 0) is 0 Å². The number of nitrogens with one attached hydrogen (secondary N) is 1. The third kappa shape index (κ3) is 4.36. The molecule has 1 unspecified atom stereocenters. The van der Waals surface area contributed by atoms with Crippen molar-refractivity contribution >= 4 is 40.1 Å². The minimum Gasteiger partial charge on any atom is -0.351 e. The van der Waals surface area contributed by atoms with Crippen molar-refractivity contribution < 1.29 is 4.52 Å². The molecular weight excluding hydrogens is 434 g/mol. The van der Waals surface area contributed by atoms with Crippen molar-refractivity contribution in [1.29, 1.82) is 0 Å². The fourth-order valence-electron chi connectivity index (χ4n) is 4.14. The van der Waals surface area contributed by atoms with E-state index < -0.39 is 0 Å². The van der Waals surface area contributed by atoms with Crippen LogP contribution in [0.1, 0.15) is 13.8 Å². The molecule has 4 heterocycles. The van der Waals surface area contributed by atoms with Crippen LogP contribution in [0.2, 0.25) is 0 Å². The van der Waals surface area contributed by atoms with Crippen LogP contribution < -0.4 is 10.2 Å². The minimum atomic E-state index is 0.214. The molecule has 5 rings (SSSR count). The van der Waals surface area contributed by atoms with Crippen molar-refractivity contribution in [3.8, 4) is 11.3 Å². The summed E-state index contributed by atoms with van der Waals surface area (Å²) in [6.07, 6.45) is 1.68. The lowest BCUT2D eigenvalue weighted by Gasteiger charge is -2.44. The van der Waals surface area contributed by atoms with Crippen LogP contribution in [0.25, 0.3) is 22.4 Å². The van der Waals surface area contributed by atoms with Crippen LogP contribution in [0.15, 0.2) is 65.3 Å². The lowest BCUT2D eigenvalue weighted by atomic mass is 10.00. The zero-order valence-corrected chi connectivity index (χ0v) is 19.4. The molecule has 1 aliphatic rings. The van der Waals surface area contributed by atoms with Crippen LogP contribution in [0.3, 0.4) is 0 Å². The molecule has 1 atom stereocenters. The Morgan fingerprint density at radius 3 is 2.67 bits per heavy atom. The largest absolute Gasteiger partial charge is 0.351 e. The van der Waals surface area contributed by atoms with E-state index in [4.69, 9.17) is 16.7 Å². The number of aromatic nitrogens is 4. The maximum absolute atomic E-state index is 5.77. The van der Waals surface area contributed by atoms with Gasteiger partial charge in [0.2, 0.25) is 0 Å². The van der Waals surface area contributed by atoms with Crippen LogP contribution >= 0.6 is 12.2 Å². The third-order valence-corrected chi connectivity index (χ3v) is 6.30. The van der Waals surface area contributed by atoms with Crippen molar-refractivity contribution in [3.05, 3.63) is 60.8 Å². The summed E-state index contributed by atoms with van der Waals surface area (Å²) in [5.41, 5.74) is 2.43. The van der Waals surface area contributed by atoms with Crippen molar-refractivity contribution in [2.24, 2.45) is 5.92 Å². The number of fused-ring (bicyclic) bond motifs is 1. The molecule has 1 saturated heterocycles. The van der Waals surface area contributed by atoms with Gasteiger partial charge in [-0.3, -0.25) is 0 Å². The minimum absolute atomic E-state index is 0.214. The number of anilines is 2. The van der Waals surface area contributed by atoms with E-state index in [9.17, 15) is 0 Å². The summed E-state index contributed by atoms with van der Waals surface area (Å²) in [6.45, 7) is 6.79. The second-order valence-corrected chi connectivity index (χ2v) is 8.80. The van der Waals surface area contributed by atoms with Crippen molar-refractivity contribution in [1.82, 2.24) is 25.2 Å². The fraction of sp³-hybridized carbons (Fsp3) is 0.292. The normalized spacial score (nSPS) is 16.4. The van der Waals surface area contributed by atoms with E-state index in [2.05, 4.69) is 49.3 Å². The number of piperazine rings is 1. The monoisotopic (exact) mass is 459 g/mol. The zero-order chi connectivity index (χ0) is 22.8. The zero-order valence-electron chi connectivity index (χ0n) is 18.5. The van der Waals surface area contributed by atoms with Gasteiger partial charge in [-0.1, -0.05) is 49.3 Å². The van der Waals surface area contributed by atoms with Crippen LogP contribution in [-0.4, -0.2) is 56.0 Å². The Morgan fingerprint density at radius 2 is 1.91 bits per heavy atom. The number of thiocarbonyl (C=S) groups is 1. The summed E-state index contributed by atoms with van der Waals surface area (Å²) in [5, 5.41) is 17.8. The number of rotatable bonds is 4. The Labute approximate surface area is 197 Å². The summed E-state index contributed by atoms with van der Waals surface area (Å²) < 4.78 is 5.30. The molecule has 8 nitrogen and oxygen atoms in total. The molecule has 0 spiro atoms. The highest BCUT2D eigenvalue weighted by molar-refractivity contribution is 7.80. The third-order valence-electron chi connectivity index (χ3n) is 5.97. The van der Waals surface area contributed by atoms with Gasteiger partial charge >= 0.3 is 0 Å². The first-order valence-electron chi connectivity index (χ1n) is 11.0. The molecule has 1 N–H and O–H groups in total. The Hall–Kier alpha value is -3.59. The van der Waals surface area contributed by atoms with Crippen LogP contribution in [0.4, 0.5) is 11.6 Å². The molecule has 0 aliphatic carbocycles. The predicted molar refractivity (Wildman–Crippen MR) is 133 cm³/mol. The van der Waals surface area contributed by atoms with E-state index in [0.29, 0.717) is 22.6 Å². The van der Waals surface area contributed by atoms with Gasteiger partial charge in [0.05, 0.1) is 17.1 Å². The predicted octanol–water partition coefficient (Wildman–Crippen LogP) is 4.22. The second-order valence-electron chi connectivity index (χ2n) is 8.41. The smallest absolute Gasteiger partial charge is 0.259 e.